The standard InChI is InChI=1S/C30H51NO/c1-3-5-7-23-32-30-22-21-29(31-24-30)20-19-28-17-15-27(16-18-28)14-13-26-11-9-25(10-12-26)8-6-4-2/h21-22,24-28H,3-20,23H2,1-2H3/t25-,26-,27-,28-. The van der Waals surface area contributed by atoms with Gasteiger partial charge in [0.05, 0.1) is 12.8 Å². The van der Waals surface area contributed by atoms with Gasteiger partial charge in [-0.3, -0.25) is 4.98 Å². The predicted molar refractivity (Wildman–Crippen MR) is 137 cm³/mol. The molecule has 0 unspecified atom stereocenters. The Balaban J connectivity index is 1.24. The molecule has 2 nitrogen and oxygen atoms in total. The molecule has 0 saturated heterocycles. The summed E-state index contributed by atoms with van der Waals surface area (Å²) in [6.45, 7) is 5.38. The first-order chi connectivity index (χ1) is 15.8. The summed E-state index contributed by atoms with van der Waals surface area (Å²) in [5, 5.41) is 0. The lowest BCUT2D eigenvalue weighted by Crippen LogP contribution is -2.18. The summed E-state index contributed by atoms with van der Waals surface area (Å²) in [5.41, 5.74) is 1.24. The van der Waals surface area contributed by atoms with Crippen LogP contribution in [0.25, 0.3) is 0 Å². The minimum Gasteiger partial charge on any atom is -0.492 e. The fourth-order valence-corrected chi connectivity index (χ4v) is 6.12. The maximum atomic E-state index is 5.79. The topological polar surface area (TPSA) is 22.1 Å². The first-order valence-electron chi connectivity index (χ1n) is 14.3. The van der Waals surface area contributed by atoms with Crippen molar-refractivity contribution in [3.05, 3.63) is 24.0 Å². The van der Waals surface area contributed by atoms with Gasteiger partial charge in [-0.2, -0.15) is 0 Å². The second kappa shape index (κ2) is 15.0. The summed E-state index contributed by atoms with van der Waals surface area (Å²) in [5.74, 6) is 4.99. The maximum absolute atomic E-state index is 5.79. The third kappa shape index (κ3) is 9.44. The molecule has 3 rings (SSSR count). The van der Waals surface area contributed by atoms with Crippen molar-refractivity contribution >= 4 is 0 Å². The lowest BCUT2D eigenvalue weighted by Gasteiger charge is -2.32. The molecule has 2 heteroatoms. The van der Waals surface area contributed by atoms with Crippen LogP contribution in [0.3, 0.4) is 0 Å². The summed E-state index contributed by atoms with van der Waals surface area (Å²) in [7, 11) is 0. The molecule has 0 bridgehead atoms. The highest BCUT2D eigenvalue weighted by Crippen LogP contribution is 2.38. The molecule has 1 heterocycles. The van der Waals surface area contributed by atoms with Gasteiger partial charge in [0.25, 0.3) is 0 Å². The van der Waals surface area contributed by atoms with Crippen LogP contribution in [0.1, 0.15) is 129 Å². The number of aromatic nitrogens is 1. The van der Waals surface area contributed by atoms with Crippen LogP contribution >= 0.6 is 0 Å². The molecule has 0 spiro atoms. The van der Waals surface area contributed by atoms with E-state index in [2.05, 4.69) is 31.0 Å². The molecule has 0 radical (unpaired) electrons. The van der Waals surface area contributed by atoms with E-state index in [1.807, 2.05) is 6.20 Å². The number of hydrogen-bond donors (Lipinski definition) is 0. The number of rotatable bonds is 14. The smallest absolute Gasteiger partial charge is 0.137 e. The van der Waals surface area contributed by atoms with Gasteiger partial charge in [-0.05, 0) is 55.1 Å². The van der Waals surface area contributed by atoms with Crippen LogP contribution in [0.4, 0.5) is 0 Å². The second-order valence-corrected chi connectivity index (χ2v) is 11.1. The van der Waals surface area contributed by atoms with Crippen LogP contribution in [-0.4, -0.2) is 11.6 Å². The van der Waals surface area contributed by atoms with Crippen molar-refractivity contribution in [3.63, 3.8) is 0 Å². The lowest BCUT2D eigenvalue weighted by atomic mass is 9.74. The summed E-state index contributed by atoms with van der Waals surface area (Å²) >= 11 is 0. The Labute approximate surface area is 199 Å². The number of ether oxygens (including phenoxy) is 1. The fourth-order valence-electron chi connectivity index (χ4n) is 6.12. The van der Waals surface area contributed by atoms with E-state index in [1.54, 1.807) is 0 Å². The maximum Gasteiger partial charge on any atom is 0.137 e. The minimum absolute atomic E-state index is 0.818. The van der Waals surface area contributed by atoms with Gasteiger partial charge in [-0.15, -0.1) is 0 Å². The molecule has 1 aromatic rings. The first kappa shape index (κ1) is 25.6. The van der Waals surface area contributed by atoms with Crippen molar-refractivity contribution in [1.82, 2.24) is 4.98 Å². The monoisotopic (exact) mass is 441 g/mol. The highest BCUT2D eigenvalue weighted by molar-refractivity contribution is 5.19. The van der Waals surface area contributed by atoms with Crippen molar-refractivity contribution in [2.45, 2.75) is 129 Å². The Hall–Kier alpha value is -1.05. The Morgan fingerprint density at radius 2 is 1.25 bits per heavy atom. The molecule has 2 saturated carbocycles. The van der Waals surface area contributed by atoms with Gasteiger partial charge in [0.1, 0.15) is 5.75 Å². The average molecular weight is 442 g/mol. The summed E-state index contributed by atoms with van der Waals surface area (Å²) in [4.78, 5) is 4.65. The molecule has 0 aliphatic heterocycles. The zero-order chi connectivity index (χ0) is 22.4. The van der Waals surface area contributed by atoms with Crippen molar-refractivity contribution < 1.29 is 4.74 Å². The molecule has 0 N–H and O–H groups in total. The quantitative estimate of drug-likeness (QED) is 0.268. The Morgan fingerprint density at radius 3 is 1.78 bits per heavy atom. The lowest BCUT2D eigenvalue weighted by molar-refractivity contribution is 0.208. The summed E-state index contributed by atoms with van der Waals surface area (Å²) < 4.78 is 5.79. The molecule has 182 valence electrons. The van der Waals surface area contributed by atoms with Gasteiger partial charge in [0.2, 0.25) is 0 Å². The van der Waals surface area contributed by atoms with E-state index in [9.17, 15) is 0 Å². The Morgan fingerprint density at radius 1 is 0.688 bits per heavy atom. The Bertz CT molecular complexity index is 581. The van der Waals surface area contributed by atoms with Crippen molar-refractivity contribution in [2.24, 2.45) is 23.7 Å². The van der Waals surface area contributed by atoms with Crippen LogP contribution in [0.2, 0.25) is 0 Å². The first-order valence-corrected chi connectivity index (χ1v) is 14.3. The van der Waals surface area contributed by atoms with E-state index in [1.165, 1.54) is 108 Å². The highest BCUT2D eigenvalue weighted by Gasteiger charge is 2.24. The normalized spacial score (nSPS) is 26.2. The molecular formula is C30H51NO. The average Bonchev–Trinajstić information content (AvgIpc) is 2.85. The zero-order valence-corrected chi connectivity index (χ0v) is 21.3. The van der Waals surface area contributed by atoms with Crippen LogP contribution < -0.4 is 4.74 Å². The molecule has 2 aliphatic rings. The Kier molecular flexibility index (Phi) is 12.0. The summed E-state index contributed by atoms with van der Waals surface area (Å²) in [6, 6.07) is 4.29. The van der Waals surface area contributed by atoms with Crippen LogP contribution in [-0.2, 0) is 6.42 Å². The predicted octanol–water partition coefficient (Wildman–Crippen LogP) is 9.17. The molecule has 0 aromatic carbocycles. The highest BCUT2D eigenvalue weighted by atomic mass is 16.5. The molecule has 0 atom stereocenters. The van der Waals surface area contributed by atoms with Crippen molar-refractivity contribution in [1.29, 1.82) is 0 Å². The van der Waals surface area contributed by atoms with Gasteiger partial charge in [0.15, 0.2) is 0 Å². The summed E-state index contributed by atoms with van der Waals surface area (Å²) in [6.07, 6.45) is 27.3. The number of nitrogens with zero attached hydrogens (tertiary/aromatic N) is 1. The van der Waals surface area contributed by atoms with E-state index in [0.29, 0.717) is 0 Å². The van der Waals surface area contributed by atoms with Crippen molar-refractivity contribution in [3.8, 4) is 5.75 Å². The van der Waals surface area contributed by atoms with E-state index < -0.39 is 0 Å². The van der Waals surface area contributed by atoms with Gasteiger partial charge < -0.3 is 4.74 Å². The molecule has 2 aliphatic carbocycles. The zero-order valence-electron chi connectivity index (χ0n) is 21.3. The van der Waals surface area contributed by atoms with E-state index in [4.69, 9.17) is 4.74 Å². The largest absolute Gasteiger partial charge is 0.492 e. The second-order valence-electron chi connectivity index (χ2n) is 11.1. The van der Waals surface area contributed by atoms with Crippen LogP contribution in [0.5, 0.6) is 5.75 Å². The molecule has 1 aromatic heterocycles. The van der Waals surface area contributed by atoms with Crippen molar-refractivity contribution in [2.75, 3.05) is 6.61 Å². The van der Waals surface area contributed by atoms with E-state index >= 15 is 0 Å². The molecule has 2 fully saturated rings. The number of hydrogen-bond acceptors (Lipinski definition) is 2. The van der Waals surface area contributed by atoms with Gasteiger partial charge >= 0.3 is 0 Å². The van der Waals surface area contributed by atoms with Gasteiger partial charge in [-0.1, -0.05) is 110 Å². The number of pyridine rings is 1. The third-order valence-electron chi connectivity index (χ3n) is 8.50. The minimum atomic E-state index is 0.818. The third-order valence-corrected chi connectivity index (χ3v) is 8.50. The molecule has 0 amide bonds. The van der Waals surface area contributed by atoms with Gasteiger partial charge in [-0.25, -0.2) is 0 Å². The SMILES string of the molecule is CCCCCOc1ccc(CC[C@H]2CC[C@H](CC[C@H]3CC[C@H](CCCC)CC3)CC2)nc1. The number of aryl methyl sites for hydroxylation is 1. The van der Waals surface area contributed by atoms with Gasteiger partial charge in [0, 0.05) is 5.69 Å². The van der Waals surface area contributed by atoms with Crippen LogP contribution in [0, 0.1) is 23.7 Å². The fraction of sp³-hybridized carbons (Fsp3) is 0.833. The molecule has 32 heavy (non-hydrogen) atoms. The van der Waals surface area contributed by atoms with Crippen LogP contribution in [0.15, 0.2) is 18.3 Å². The molecular weight excluding hydrogens is 390 g/mol. The number of unbranched alkanes of at least 4 members (excludes halogenated alkanes) is 3. The van der Waals surface area contributed by atoms with E-state index in [-0.39, 0.29) is 0 Å². The van der Waals surface area contributed by atoms with E-state index in [0.717, 1.165) is 48.9 Å².